The average molecular weight is 251 g/mol. The highest BCUT2D eigenvalue weighted by Crippen LogP contribution is 2.27. The number of ether oxygens (including phenoxy) is 1. The molecule has 1 aromatic rings. The molecule has 18 heavy (non-hydrogen) atoms. The quantitative estimate of drug-likeness (QED) is 0.815. The summed E-state index contributed by atoms with van der Waals surface area (Å²) < 4.78 is 5.48. The first-order chi connectivity index (χ1) is 8.51. The molecule has 0 amide bonds. The number of carbonyl (C=O) groups is 1. The molecule has 0 bridgehead atoms. The van der Waals surface area contributed by atoms with E-state index in [0.717, 1.165) is 16.9 Å². The van der Waals surface area contributed by atoms with Gasteiger partial charge in [-0.05, 0) is 38.1 Å². The monoisotopic (exact) mass is 251 g/mol. The first-order valence-corrected chi connectivity index (χ1v) is 6.14. The molecule has 2 unspecified atom stereocenters. The normalized spacial score (nSPS) is 14.0. The van der Waals surface area contributed by atoms with Gasteiger partial charge < -0.3 is 15.2 Å². The van der Waals surface area contributed by atoms with E-state index in [4.69, 9.17) is 9.84 Å². The number of aryl methyl sites for hydroxylation is 1. The van der Waals surface area contributed by atoms with E-state index in [0.29, 0.717) is 6.61 Å². The predicted molar refractivity (Wildman–Crippen MR) is 70.9 cm³/mol. The highest BCUT2D eigenvalue weighted by Gasteiger charge is 2.23. The number of carboxylic acids is 1. The van der Waals surface area contributed by atoms with E-state index in [1.54, 1.807) is 14.0 Å². The molecule has 0 aliphatic carbocycles. The number of rotatable bonds is 6. The van der Waals surface area contributed by atoms with E-state index in [1.807, 2.05) is 32.0 Å². The van der Waals surface area contributed by atoms with E-state index in [1.165, 1.54) is 0 Å². The summed E-state index contributed by atoms with van der Waals surface area (Å²) in [5, 5.41) is 12.1. The Hall–Kier alpha value is -1.55. The maximum Gasteiger partial charge on any atom is 0.308 e. The molecule has 100 valence electrons. The molecule has 2 atom stereocenters. The van der Waals surface area contributed by atoms with Crippen molar-refractivity contribution in [2.75, 3.05) is 13.7 Å². The summed E-state index contributed by atoms with van der Waals surface area (Å²) in [6, 6.07) is 5.59. The summed E-state index contributed by atoms with van der Waals surface area (Å²) in [6.07, 6.45) is 0. The third-order valence-corrected chi connectivity index (χ3v) is 3.06. The fourth-order valence-electron chi connectivity index (χ4n) is 2.03. The third kappa shape index (κ3) is 3.23. The molecule has 2 N–H and O–H groups in total. The Morgan fingerprint density at radius 3 is 2.61 bits per heavy atom. The van der Waals surface area contributed by atoms with Crippen molar-refractivity contribution in [1.29, 1.82) is 0 Å². The molecule has 4 heteroatoms. The summed E-state index contributed by atoms with van der Waals surface area (Å²) in [5.41, 5.74) is 1.99. The largest absolute Gasteiger partial charge is 0.494 e. The fourth-order valence-corrected chi connectivity index (χ4v) is 2.03. The molecule has 0 spiro atoms. The van der Waals surface area contributed by atoms with Crippen LogP contribution in [0.3, 0.4) is 0 Å². The maximum absolute atomic E-state index is 11.1. The summed E-state index contributed by atoms with van der Waals surface area (Å²) in [5.74, 6) is -0.438. The van der Waals surface area contributed by atoms with Gasteiger partial charge in [-0.15, -0.1) is 0 Å². The average Bonchev–Trinajstić information content (AvgIpc) is 2.33. The molecule has 0 aromatic heterocycles. The fraction of sp³-hybridized carbons (Fsp3) is 0.500. The molecule has 0 aliphatic rings. The van der Waals surface area contributed by atoms with Crippen LogP contribution in [0.5, 0.6) is 5.75 Å². The number of hydrogen-bond donors (Lipinski definition) is 2. The van der Waals surface area contributed by atoms with Crippen LogP contribution >= 0.6 is 0 Å². The Morgan fingerprint density at radius 1 is 1.50 bits per heavy atom. The Morgan fingerprint density at radius 2 is 2.17 bits per heavy atom. The van der Waals surface area contributed by atoms with Crippen molar-refractivity contribution in [2.45, 2.75) is 26.8 Å². The van der Waals surface area contributed by atoms with Crippen LogP contribution in [0.25, 0.3) is 0 Å². The molecule has 1 rings (SSSR count). The molecule has 0 aliphatic heterocycles. The number of hydrogen-bond acceptors (Lipinski definition) is 3. The molecule has 0 radical (unpaired) electrons. The Bertz CT molecular complexity index is 418. The molecule has 4 nitrogen and oxygen atoms in total. The Kier molecular flexibility index (Phi) is 5.16. The van der Waals surface area contributed by atoms with Crippen molar-refractivity contribution in [2.24, 2.45) is 5.92 Å². The van der Waals surface area contributed by atoms with Crippen molar-refractivity contribution in [1.82, 2.24) is 5.32 Å². The molecule has 1 aromatic carbocycles. The highest BCUT2D eigenvalue weighted by atomic mass is 16.5. The van der Waals surface area contributed by atoms with Gasteiger partial charge in [0, 0.05) is 6.04 Å². The molecule has 0 saturated heterocycles. The number of aliphatic carboxylic acids is 1. The zero-order valence-electron chi connectivity index (χ0n) is 11.4. The maximum atomic E-state index is 11.1. The van der Waals surface area contributed by atoms with Crippen LogP contribution in [0.4, 0.5) is 0 Å². The van der Waals surface area contributed by atoms with Gasteiger partial charge in [-0.3, -0.25) is 4.79 Å². The van der Waals surface area contributed by atoms with Gasteiger partial charge in [-0.2, -0.15) is 0 Å². The van der Waals surface area contributed by atoms with Gasteiger partial charge in [-0.25, -0.2) is 0 Å². The SMILES string of the molecule is CCOc1ccc(C(NC)C(C)C(=O)O)cc1C. The summed E-state index contributed by atoms with van der Waals surface area (Å²) in [4.78, 5) is 11.1. The van der Waals surface area contributed by atoms with Gasteiger partial charge in [0.05, 0.1) is 12.5 Å². The Balaban J connectivity index is 3.01. The van der Waals surface area contributed by atoms with Crippen molar-refractivity contribution < 1.29 is 14.6 Å². The van der Waals surface area contributed by atoms with E-state index in [9.17, 15) is 4.79 Å². The minimum absolute atomic E-state index is 0.197. The minimum Gasteiger partial charge on any atom is -0.494 e. The summed E-state index contributed by atoms with van der Waals surface area (Å²) in [7, 11) is 1.77. The highest BCUT2D eigenvalue weighted by molar-refractivity contribution is 5.70. The third-order valence-electron chi connectivity index (χ3n) is 3.06. The van der Waals surface area contributed by atoms with E-state index < -0.39 is 11.9 Å². The second-order valence-corrected chi connectivity index (χ2v) is 4.35. The van der Waals surface area contributed by atoms with Crippen molar-refractivity contribution in [3.05, 3.63) is 29.3 Å². The lowest BCUT2D eigenvalue weighted by Gasteiger charge is -2.21. The van der Waals surface area contributed by atoms with Crippen molar-refractivity contribution in [3.63, 3.8) is 0 Å². The van der Waals surface area contributed by atoms with Gasteiger partial charge in [0.15, 0.2) is 0 Å². The second kappa shape index (κ2) is 6.40. The second-order valence-electron chi connectivity index (χ2n) is 4.35. The van der Waals surface area contributed by atoms with Crippen molar-refractivity contribution in [3.8, 4) is 5.75 Å². The van der Waals surface area contributed by atoms with Crippen LogP contribution in [0.1, 0.15) is 31.0 Å². The number of benzene rings is 1. The van der Waals surface area contributed by atoms with E-state index >= 15 is 0 Å². The standard InChI is InChI=1S/C14H21NO3/c1-5-18-12-7-6-11(8-9(12)2)13(15-4)10(3)14(16)17/h6-8,10,13,15H,5H2,1-4H3,(H,16,17). The van der Waals surface area contributed by atoms with Crippen LogP contribution in [0.2, 0.25) is 0 Å². The van der Waals surface area contributed by atoms with Gasteiger partial charge in [0.2, 0.25) is 0 Å². The van der Waals surface area contributed by atoms with Gasteiger partial charge in [0.1, 0.15) is 5.75 Å². The molecule has 0 fully saturated rings. The molecule has 0 saturated carbocycles. The van der Waals surface area contributed by atoms with Crippen LogP contribution in [0, 0.1) is 12.8 Å². The van der Waals surface area contributed by atoms with E-state index in [-0.39, 0.29) is 6.04 Å². The summed E-state index contributed by atoms with van der Waals surface area (Å²) >= 11 is 0. The van der Waals surface area contributed by atoms with Gasteiger partial charge >= 0.3 is 5.97 Å². The Labute approximate surface area is 108 Å². The summed E-state index contributed by atoms with van der Waals surface area (Å²) in [6.45, 7) is 6.24. The first-order valence-electron chi connectivity index (χ1n) is 6.14. The van der Waals surface area contributed by atoms with Crippen LogP contribution < -0.4 is 10.1 Å². The van der Waals surface area contributed by atoms with Gasteiger partial charge in [0.25, 0.3) is 0 Å². The molecular weight excluding hydrogens is 230 g/mol. The lowest BCUT2D eigenvalue weighted by atomic mass is 9.93. The zero-order chi connectivity index (χ0) is 13.7. The lowest BCUT2D eigenvalue weighted by Crippen LogP contribution is -2.28. The van der Waals surface area contributed by atoms with E-state index in [2.05, 4.69) is 5.32 Å². The predicted octanol–water partition coefficient (Wildman–Crippen LogP) is 2.37. The zero-order valence-corrected chi connectivity index (χ0v) is 11.4. The lowest BCUT2D eigenvalue weighted by molar-refractivity contribution is -0.142. The minimum atomic E-state index is -0.805. The smallest absolute Gasteiger partial charge is 0.308 e. The van der Waals surface area contributed by atoms with Crippen LogP contribution in [-0.2, 0) is 4.79 Å². The van der Waals surface area contributed by atoms with Crippen LogP contribution in [-0.4, -0.2) is 24.7 Å². The number of nitrogens with one attached hydrogen (secondary N) is 1. The molecule has 0 heterocycles. The topological polar surface area (TPSA) is 58.6 Å². The van der Waals surface area contributed by atoms with Crippen LogP contribution in [0.15, 0.2) is 18.2 Å². The molecular formula is C14H21NO3. The van der Waals surface area contributed by atoms with Crippen molar-refractivity contribution >= 4 is 5.97 Å². The van der Waals surface area contributed by atoms with Gasteiger partial charge in [-0.1, -0.05) is 19.1 Å². The number of carboxylic acid groups (broad SMARTS) is 1. The first kappa shape index (κ1) is 14.5.